The zero-order chi connectivity index (χ0) is 25.9. The summed E-state index contributed by atoms with van der Waals surface area (Å²) >= 11 is 0. The number of anilines is 1. The maximum atomic E-state index is 13.2. The summed E-state index contributed by atoms with van der Waals surface area (Å²) in [5, 5.41) is 20.9. The first-order valence-corrected chi connectivity index (χ1v) is 12.3. The van der Waals surface area contributed by atoms with E-state index in [1.54, 1.807) is 54.2 Å². The number of nitrogens with one attached hydrogen (secondary N) is 2. The molecule has 3 N–H and O–H groups in total. The van der Waals surface area contributed by atoms with Crippen molar-refractivity contribution in [2.45, 2.75) is 38.1 Å². The van der Waals surface area contributed by atoms with Crippen molar-refractivity contribution >= 4 is 17.6 Å². The molecule has 37 heavy (non-hydrogen) atoms. The first kappa shape index (κ1) is 24.3. The highest BCUT2D eigenvalue weighted by molar-refractivity contribution is 6.03. The molecule has 0 spiro atoms. The summed E-state index contributed by atoms with van der Waals surface area (Å²) in [6.45, 7) is 0.227. The van der Waals surface area contributed by atoms with Gasteiger partial charge in [0, 0.05) is 37.0 Å². The number of nitrogens with zero attached hydrogens (tertiary/aromatic N) is 3. The lowest BCUT2D eigenvalue weighted by atomic mass is 10.0. The van der Waals surface area contributed by atoms with E-state index in [-0.39, 0.29) is 29.9 Å². The second-order valence-corrected chi connectivity index (χ2v) is 9.32. The number of benzene rings is 2. The van der Waals surface area contributed by atoms with Crippen LogP contribution < -0.4 is 10.6 Å². The number of hydrogen-bond acceptors (Lipinski definition) is 4. The standard InChI is InChI=1S/C28H28FN5O3/c1-33-14-4-7-24(33)27(36)31-21-12-13-26(35)22(15-21)23-16-25(19-5-2-3-6-19)34(32-23)28(37)30-17-18-8-10-20(29)11-9-18/h4,7-16,19,35H,2-3,5-6,17H2,1H3,(H,30,37)(H,31,36). The molecule has 2 aromatic carbocycles. The summed E-state index contributed by atoms with van der Waals surface area (Å²) in [5.41, 5.74) is 3.39. The van der Waals surface area contributed by atoms with Gasteiger partial charge in [0.25, 0.3) is 5.91 Å². The smallest absolute Gasteiger partial charge is 0.342 e. The number of hydrogen-bond donors (Lipinski definition) is 3. The van der Waals surface area contributed by atoms with Crippen LogP contribution in [0.25, 0.3) is 11.3 Å². The molecule has 0 radical (unpaired) electrons. The fourth-order valence-electron chi connectivity index (χ4n) is 4.77. The summed E-state index contributed by atoms with van der Waals surface area (Å²) in [4.78, 5) is 25.8. The van der Waals surface area contributed by atoms with Crippen molar-refractivity contribution in [3.05, 3.63) is 89.6 Å². The summed E-state index contributed by atoms with van der Waals surface area (Å²) < 4.78 is 16.3. The van der Waals surface area contributed by atoms with Crippen LogP contribution in [-0.4, -0.2) is 31.4 Å². The van der Waals surface area contributed by atoms with E-state index in [0.717, 1.165) is 36.9 Å². The summed E-state index contributed by atoms with van der Waals surface area (Å²) in [7, 11) is 1.79. The molecule has 8 nitrogen and oxygen atoms in total. The normalized spacial score (nSPS) is 13.6. The molecule has 4 aromatic rings. The van der Waals surface area contributed by atoms with Crippen LogP contribution >= 0.6 is 0 Å². The Kier molecular flexibility index (Phi) is 6.76. The number of phenols is 1. The molecule has 2 aromatic heterocycles. The van der Waals surface area contributed by atoms with Crippen molar-refractivity contribution < 1.29 is 19.1 Å². The van der Waals surface area contributed by atoms with Crippen LogP contribution in [0.1, 0.15) is 53.3 Å². The van der Waals surface area contributed by atoms with E-state index >= 15 is 0 Å². The van der Waals surface area contributed by atoms with E-state index < -0.39 is 6.03 Å². The van der Waals surface area contributed by atoms with Crippen LogP contribution in [0.3, 0.4) is 0 Å². The Bertz CT molecular complexity index is 1430. The maximum absolute atomic E-state index is 13.2. The zero-order valence-corrected chi connectivity index (χ0v) is 20.4. The van der Waals surface area contributed by atoms with Crippen molar-refractivity contribution in [2.24, 2.45) is 7.05 Å². The number of rotatable bonds is 6. The number of carbonyl (C=O) groups excluding carboxylic acids is 2. The number of halogens is 1. The predicted molar refractivity (Wildman–Crippen MR) is 138 cm³/mol. The van der Waals surface area contributed by atoms with Gasteiger partial charge in [-0.15, -0.1) is 0 Å². The molecule has 1 aliphatic rings. The molecule has 2 heterocycles. The zero-order valence-electron chi connectivity index (χ0n) is 20.4. The van der Waals surface area contributed by atoms with Crippen LogP contribution in [0.5, 0.6) is 5.75 Å². The largest absolute Gasteiger partial charge is 0.507 e. The van der Waals surface area contributed by atoms with Crippen molar-refractivity contribution in [1.29, 1.82) is 0 Å². The van der Waals surface area contributed by atoms with Crippen LogP contribution in [0, 0.1) is 5.82 Å². The van der Waals surface area contributed by atoms with Gasteiger partial charge in [-0.2, -0.15) is 9.78 Å². The lowest BCUT2D eigenvalue weighted by Crippen LogP contribution is -2.30. The van der Waals surface area contributed by atoms with E-state index in [9.17, 15) is 19.1 Å². The minimum Gasteiger partial charge on any atom is -0.507 e. The topological polar surface area (TPSA) is 101 Å². The molecule has 5 rings (SSSR count). The van der Waals surface area contributed by atoms with Crippen molar-refractivity contribution in [2.75, 3.05) is 5.32 Å². The highest BCUT2D eigenvalue weighted by atomic mass is 19.1. The number of aryl methyl sites for hydroxylation is 1. The number of aromatic hydroxyl groups is 1. The highest BCUT2D eigenvalue weighted by Crippen LogP contribution is 2.38. The molecular formula is C28H28FN5O3. The molecule has 0 atom stereocenters. The summed E-state index contributed by atoms with van der Waals surface area (Å²) in [5.74, 6) is -0.440. The van der Waals surface area contributed by atoms with Gasteiger partial charge in [0.1, 0.15) is 17.3 Å². The fourth-order valence-corrected chi connectivity index (χ4v) is 4.77. The van der Waals surface area contributed by atoms with Gasteiger partial charge >= 0.3 is 6.03 Å². The van der Waals surface area contributed by atoms with E-state index in [0.29, 0.717) is 22.6 Å². The molecule has 2 amide bonds. The Labute approximate surface area is 213 Å². The first-order chi connectivity index (χ1) is 17.9. The minimum atomic E-state index is -0.398. The van der Waals surface area contributed by atoms with Crippen LogP contribution in [0.15, 0.2) is 66.9 Å². The molecule has 9 heteroatoms. The van der Waals surface area contributed by atoms with Crippen LogP contribution in [0.4, 0.5) is 14.9 Å². The van der Waals surface area contributed by atoms with Gasteiger partial charge in [0.15, 0.2) is 0 Å². The van der Waals surface area contributed by atoms with E-state index in [1.807, 2.05) is 6.07 Å². The fraction of sp³-hybridized carbons (Fsp3) is 0.250. The number of carbonyl (C=O) groups is 2. The summed E-state index contributed by atoms with van der Waals surface area (Å²) in [6, 6.07) is 15.7. The summed E-state index contributed by atoms with van der Waals surface area (Å²) in [6.07, 6.45) is 5.85. The third kappa shape index (κ3) is 5.25. The van der Waals surface area contributed by atoms with Crippen molar-refractivity contribution in [3.8, 4) is 17.0 Å². The Morgan fingerprint density at radius 1 is 1.08 bits per heavy atom. The quantitative estimate of drug-likeness (QED) is 0.308. The van der Waals surface area contributed by atoms with Gasteiger partial charge in [0.2, 0.25) is 0 Å². The van der Waals surface area contributed by atoms with Crippen LogP contribution in [-0.2, 0) is 13.6 Å². The van der Waals surface area contributed by atoms with Gasteiger partial charge in [-0.25, -0.2) is 9.18 Å². The van der Waals surface area contributed by atoms with E-state index in [2.05, 4.69) is 15.7 Å². The van der Waals surface area contributed by atoms with Gasteiger partial charge in [-0.3, -0.25) is 4.79 Å². The Morgan fingerprint density at radius 2 is 1.84 bits per heavy atom. The van der Waals surface area contributed by atoms with Gasteiger partial charge in [-0.05, 0) is 66.9 Å². The average molecular weight is 502 g/mol. The minimum absolute atomic E-state index is 0.00814. The molecule has 0 bridgehead atoms. The third-order valence-corrected chi connectivity index (χ3v) is 6.77. The molecule has 0 unspecified atom stereocenters. The monoisotopic (exact) mass is 501 g/mol. The molecule has 0 aliphatic heterocycles. The second-order valence-electron chi connectivity index (χ2n) is 9.32. The Morgan fingerprint density at radius 3 is 2.54 bits per heavy atom. The Hall–Kier alpha value is -4.40. The molecule has 1 fully saturated rings. The molecule has 1 saturated carbocycles. The lowest BCUT2D eigenvalue weighted by Gasteiger charge is -2.12. The highest BCUT2D eigenvalue weighted by Gasteiger charge is 2.26. The maximum Gasteiger partial charge on any atom is 0.342 e. The number of phenolic OH excluding ortho intramolecular Hbond substituents is 1. The molecule has 1 aliphatic carbocycles. The van der Waals surface area contributed by atoms with E-state index in [1.165, 1.54) is 22.9 Å². The lowest BCUT2D eigenvalue weighted by molar-refractivity contribution is 0.101. The molecular weight excluding hydrogens is 473 g/mol. The predicted octanol–water partition coefficient (Wildman–Crippen LogP) is 5.40. The SMILES string of the molecule is Cn1cccc1C(=O)Nc1ccc(O)c(-c2cc(C3CCCC3)n(C(=O)NCc3ccc(F)cc3)n2)c1. The third-order valence-electron chi connectivity index (χ3n) is 6.77. The second kappa shape index (κ2) is 10.3. The van der Waals surface area contributed by atoms with Crippen molar-refractivity contribution in [3.63, 3.8) is 0 Å². The molecule has 0 saturated heterocycles. The van der Waals surface area contributed by atoms with Crippen LogP contribution in [0.2, 0.25) is 0 Å². The number of aromatic nitrogens is 3. The first-order valence-electron chi connectivity index (χ1n) is 12.3. The average Bonchev–Trinajstić information content (AvgIpc) is 3.65. The Balaban J connectivity index is 1.42. The van der Waals surface area contributed by atoms with E-state index in [4.69, 9.17) is 0 Å². The molecule has 190 valence electrons. The van der Waals surface area contributed by atoms with Gasteiger partial charge in [0.05, 0.1) is 11.4 Å². The van der Waals surface area contributed by atoms with Gasteiger partial charge in [-0.1, -0.05) is 25.0 Å². The van der Waals surface area contributed by atoms with Gasteiger partial charge < -0.3 is 20.3 Å². The van der Waals surface area contributed by atoms with Crippen molar-refractivity contribution in [1.82, 2.24) is 19.7 Å². The number of amides is 2.